The predicted molar refractivity (Wildman–Crippen MR) is 79.1 cm³/mol. The van der Waals surface area contributed by atoms with Gasteiger partial charge in [0.25, 0.3) is 0 Å². The maximum absolute atomic E-state index is 13.0. The summed E-state index contributed by atoms with van der Waals surface area (Å²) in [4.78, 5) is 4.40. The van der Waals surface area contributed by atoms with Gasteiger partial charge in [-0.2, -0.15) is 0 Å². The molecule has 1 aromatic heterocycles. The van der Waals surface area contributed by atoms with Gasteiger partial charge in [-0.1, -0.05) is 24.3 Å². The molecule has 3 aromatic rings. The minimum atomic E-state index is -0.236. The number of halogens is 1. The number of fused-ring (bicyclic) bond motifs is 1. The lowest BCUT2D eigenvalue weighted by atomic mass is 10.1. The topological polar surface area (TPSA) is 43.8 Å². The lowest BCUT2D eigenvalue weighted by Crippen LogP contribution is -2.10. The average Bonchev–Trinajstić information content (AvgIpc) is 2.76. The molecule has 0 saturated carbocycles. The molecule has 0 aliphatic rings. The number of nitrogens with two attached hydrogens (primary N) is 1. The van der Waals surface area contributed by atoms with E-state index in [1.54, 1.807) is 12.1 Å². The highest BCUT2D eigenvalue weighted by atomic mass is 19.1. The monoisotopic (exact) mass is 269 g/mol. The second kappa shape index (κ2) is 4.63. The Morgan fingerprint density at radius 3 is 2.55 bits per heavy atom. The van der Waals surface area contributed by atoms with E-state index >= 15 is 0 Å². The molecule has 20 heavy (non-hydrogen) atoms. The lowest BCUT2D eigenvalue weighted by Gasteiger charge is -2.17. The van der Waals surface area contributed by atoms with Crippen LogP contribution in [0, 0.1) is 12.7 Å². The maximum atomic E-state index is 13.0. The summed E-state index contributed by atoms with van der Waals surface area (Å²) in [6.45, 7) is 4.08. The summed E-state index contributed by atoms with van der Waals surface area (Å²) in [7, 11) is 0. The van der Waals surface area contributed by atoms with Crippen molar-refractivity contribution in [2.75, 3.05) is 5.73 Å². The molecule has 0 amide bonds. The highest BCUT2D eigenvalue weighted by Crippen LogP contribution is 2.29. The van der Waals surface area contributed by atoms with Crippen molar-refractivity contribution < 1.29 is 4.39 Å². The molecule has 3 rings (SSSR count). The fraction of sp³-hybridized carbons (Fsp3) is 0.188. The van der Waals surface area contributed by atoms with E-state index in [1.165, 1.54) is 12.1 Å². The molecule has 3 nitrogen and oxygen atoms in total. The Morgan fingerprint density at radius 2 is 1.85 bits per heavy atom. The number of hydrogen-bond acceptors (Lipinski definition) is 2. The van der Waals surface area contributed by atoms with Gasteiger partial charge in [-0.25, -0.2) is 9.37 Å². The van der Waals surface area contributed by atoms with E-state index in [1.807, 2.05) is 36.6 Å². The SMILES string of the molecule is Cc1cccc2nc(N)n(C(C)c3ccc(F)cc3)c12. The normalized spacial score (nSPS) is 12.8. The number of nitrogens with zero attached hydrogens (tertiary/aromatic N) is 2. The van der Waals surface area contributed by atoms with Gasteiger partial charge in [0.15, 0.2) is 0 Å². The summed E-state index contributed by atoms with van der Waals surface area (Å²) in [6, 6.07) is 12.5. The molecule has 0 fully saturated rings. The van der Waals surface area contributed by atoms with E-state index in [2.05, 4.69) is 4.98 Å². The van der Waals surface area contributed by atoms with Gasteiger partial charge < -0.3 is 10.3 Å². The summed E-state index contributed by atoms with van der Waals surface area (Å²) >= 11 is 0. The summed E-state index contributed by atoms with van der Waals surface area (Å²) in [6.07, 6.45) is 0. The molecular formula is C16H16FN3. The highest BCUT2D eigenvalue weighted by molar-refractivity contribution is 5.82. The molecule has 0 aliphatic carbocycles. The van der Waals surface area contributed by atoms with Gasteiger partial charge in [0.1, 0.15) is 5.82 Å². The molecule has 1 atom stereocenters. The number of rotatable bonds is 2. The van der Waals surface area contributed by atoms with Crippen molar-refractivity contribution in [3.05, 3.63) is 59.4 Å². The first-order valence-corrected chi connectivity index (χ1v) is 6.56. The van der Waals surface area contributed by atoms with Crippen LogP contribution < -0.4 is 5.73 Å². The van der Waals surface area contributed by atoms with Crippen LogP contribution in [0.25, 0.3) is 11.0 Å². The molecule has 102 valence electrons. The summed E-state index contributed by atoms with van der Waals surface area (Å²) < 4.78 is 15.0. The van der Waals surface area contributed by atoms with Crippen LogP contribution in [0.15, 0.2) is 42.5 Å². The van der Waals surface area contributed by atoms with E-state index in [-0.39, 0.29) is 11.9 Å². The molecule has 0 saturated heterocycles. The largest absolute Gasteiger partial charge is 0.369 e. The Balaban J connectivity index is 2.18. The Labute approximate surface area is 116 Å². The molecule has 2 aromatic carbocycles. The number of anilines is 1. The van der Waals surface area contributed by atoms with Crippen molar-refractivity contribution in [1.82, 2.24) is 9.55 Å². The Kier molecular flexibility index (Phi) is 2.93. The third kappa shape index (κ3) is 1.93. The van der Waals surface area contributed by atoms with E-state index in [4.69, 9.17) is 5.73 Å². The number of hydrogen-bond donors (Lipinski definition) is 1. The van der Waals surface area contributed by atoms with Gasteiger partial charge >= 0.3 is 0 Å². The maximum Gasteiger partial charge on any atom is 0.201 e. The number of aromatic nitrogens is 2. The molecule has 1 heterocycles. The van der Waals surface area contributed by atoms with Crippen molar-refractivity contribution in [3.8, 4) is 0 Å². The van der Waals surface area contributed by atoms with Gasteiger partial charge in [-0.3, -0.25) is 0 Å². The standard InChI is InChI=1S/C16H16FN3/c1-10-4-3-5-14-15(10)20(16(18)19-14)11(2)12-6-8-13(17)9-7-12/h3-9,11H,1-2H3,(H2,18,19). The fourth-order valence-electron chi connectivity index (χ4n) is 2.62. The minimum Gasteiger partial charge on any atom is -0.369 e. The Bertz CT molecular complexity index is 759. The molecule has 2 N–H and O–H groups in total. The van der Waals surface area contributed by atoms with Gasteiger partial charge in [0.2, 0.25) is 5.95 Å². The van der Waals surface area contributed by atoms with Gasteiger partial charge in [0, 0.05) is 0 Å². The third-order valence-electron chi connectivity index (χ3n) is 3.68. The molecule has 0 bridgehead atoms. The summed E-state index contributed by atoms with van der Waals surface area (Å²) in [5, 5.41) is 0. The minimum absolute atomic E-state index is 0.00157. The molecule has 0 aliphatic heterocycles. The van der Waals surface area contributed by atoms with Crippen LogP contribution in [0.3, 0.4) is 0 Å². The highest BCUT2D eigenvalue weighted by Gasteiger charge is 2.16. The van der Waals surface area contributed by atoms with Crippen LogP contribution in [0.1, 0.15) is 24.1 Å². The molecule has 0 spiro atoms. The van der Waals surface area contributed by atoms with E-state index < -0.39 is 0 Å². The lowest BCUT2D eigenvalue weighted by molar-refractivity contribution is 0.621. The van der Waals surface area contributed by atoms with Crippen molar-refractivity contribution in [2.45, 2.75) is 19.9 Å². The quantitative estimate of drug-likeness (QED) is 0.771. The zero-order chi connectivity index (χ0) is 14.3. The van der Waals surface area contributed by atoms with Crippen molar-refractivity contribution >= 4 is 17.0 Å². The molecule has 4 heteroatoms. The first-order chi connectivity index (χ1) is 9.58. The molecule has 1 unspecified atom stereocenters. The molecular weight excluding hydrogens is 253 g/mol. The van der Waals surface area contributed by atoms with E-state index in [0.717, 1.165) is 22.2 Å². The smallest absolute Gasteiger partial charge is 0.201 e. The Hall–Kier alpha value is -2.36. The van der Waals surface area contributed by atoms with Crippen LogP contribution in [0.2, 0.25) is 0 Å². The first-order valence-electron chi connectivity index (χ1n) is 6.56. The summed E-state index contributed by atoms with van der Waals surface area (Å²) in [5.74, 6) is 0.242. The van der Waals surface area contributed by atoms with Crippen LogP contribution in [0.5, 0.6) is 0 Å². The second-order valence-electron chi connectivity index (χ2n) is 5.01. The first kappa shape index (κ1) is 12.7. The third-order valence-corrected chi connectivity index (χ3v) is 3.68. The van der Waals surface area contributed by atoms with Crippen LogP contribution in [-0.4, -0.2) is 9.55 Å². The van der Waals surface area contributed by atoms with E-state index in [9.17, 15) is 4.39 Å². The van der Waals surface area contributed by atoms with Gasteiger partial charge in [-0.05, 0) is 43.2 Å². The molecule has 0 radical (unpaired) electrons. The summed E-state index contributed by atoms with van der Waals surface area (Å²) in [5.41, 5.74) is 10.1. The fourth-order valence-corrected chi connectivity index (χ4v) is 2.62. The average molecular weight is 269 g/mol. The number of para-hydroxylation sites is 1. The number of aryl methyl sites for hydroxylation is 1. The number of nitrogen functional groups attached to an aromatic ring is 1. The van der Waals surface area contributed by atoms with Crippen molar-refractivity contribution in [3.63, 3.8) is 0 Å². The van der Waals surface area contributed by atoms with Crippen molar-refractivity contribution in [1.29, 1.82) is 0 Å². The Morgan fingerprint density at radius 1 is 1.15 bits per heavy atom. The van der Waals surface area contributed by atoms with Crippen LogP contribution >= 0.6 is 0 Å². The second-order valence-corrected chi connectivity index (χ2v) is 5.01. The zero-order valence-corrected chi connectivity index (χ0v) is 11.5. The zero-order valence-electron chi connectivity index (χ0n) is 11.5. The van der Waals surface area contributed by atoms with E-state index in [0.29, 0.717) is 5.95 Å². The van der Waals surface area contributed by atoms with Gasteiger partial charge in [0.05, 0.1) is 17.1 Å². The number of imidazole rings is 1. The number of benzene rings is 2. The van der Waals surface area contributed by atoms with Crippen LogP contribution in [-0.2, 0) is 0 Å². The van der Waals surface area contributed by atoms with Gasteiger partial charge in [-0.15, -0.1) is 0 Å². The van der Waals surface area contributed by atoms with Crippen LogP contribution in [0.4, 0.5) is 10.3 Å². The van der Waals surface area contributed by atoms with Crippen molar-refractivity contribution in [2.24, 2.45) is 0 Å². The predicted octanol–water partition coefficient (Wildman–Crippen LogP) is 3.68.